The van der Waals surface area contributed by atoms with Crippen molar-refractivity contribution in [1.82, 2.24) is 10.3 Å². The molecule has 1 unspecified atom stereocenters. The van der Waals surface area contributed by atoms with Crippen molar-refractivity contribution in [2.45, 2.75) is 13.0 Å². The molecule has 0 radical (unpaired) electrons. The van der Waals surface area contributed by atoms with Gasteiger partial charge in [-0.05, 0) is 30.7 Å². The molecule has 1 atom stereocenters. The first-order chi connectivity index (χ1) is 9.74. The van der Waals surface area contributed by atoms with Crippen LogP contribution < -0.4 is 5.32 Å². The highest BCUT2D eigenvalue weighted by Gasteiger charge is 2.12. The minimum absolute atomic E-state index is 0.0131. The molecule has 1 aromatic heterocycles. The molecule has 3 nitrogen and oxygen atoms in total. The van der Waals surface area contributed by atoms with Crippen LogP contribution in [0.1, 0.15) is 28.9 Å². The molecule has 0 bridgehead atoms. The summed E-state index contributed by atoms with van der Waals surface area (Å²) >= 11 is 1.54. The molecule has 100 valence electrons. The molecule has 0 saturated carbocycles. The van der Waals surface area contributed by atoms with Crippen molar-refractivity contribution in [3.05, 3.63) is 65.2 Å². The highest BCUT2D eigenvalue weighted by atomic mass is 32.1. The van der Waals surface area contributed by atoms with Crippen LogP contribution in [-0.4, -0.2) is 10.9 Å². The molecule has 2 aromatic carbocycles. The zero-order chi connectivity index (χ0) is 13.9. The number of carbonyl (C=O) groups excluding carboxylic acids is 1. The number of thiazole rings is 1. The Hall–Kier alpha value is -2.20. The number of rotatable bonds is 3. The number of hydrogen-bond donors (Lipinski definition) is 1. The van der Waals surface area contributed by atoms with E-state index in [1.165, 1.54) is 0 Å². The van der Waals surface area contributed by atoms with Crippen molar-refractivity contribution in [2.24, 2.45) is 0 Å². The van der Waals surface area contributed by atoms with E-state index in [2.05, 4.69) is 10.3 Å². The van der Waals surface area contributed by atoms with E-state index in [9.17, 15) is 4.79 Å². The van der Waals surface area contributed by atoms with Gasteiger partial charge < -0.3 is 5.32 Å². The summed E-state index contributed by atoms with van der Waals surface area (Å²) in [6.45, 7) is 1.98. The lowest BCUT2D eigenvalue weighted by molar-refractivity contribution is 0.0940. The molecule has 0 aliphatic carbocycles. The number of nitrogens with one attached hydrogen (secondary N) is 1. The summed E-state index contributed by atoms with van der Waals surface area (Å²) in [5, 5.41) is 3.01. The van der Waals surface area contributed by atoms with Gasteiger partial charge >= 0.3 is 0 Å². The van der Waals surface area contributed by atoms with Gasteiger partial charge in [0.25, 0.3) is 5.91 Å². The van der Waals surface area contributed by atoms with Crippen LogP contribution >= 0.6 is 11.3 Å². The van der Waals surface area contributed by atoms with E-state index in [-0.39, 0.29) is 11.9 Å². The molecule has 1 amide bonds. The van der Waals surface area contributed by atoms with Crippen LogP contribution in [0, 0.1) is 0 Å². The average molecular weight is 282 g/mol. The van der Waals surface area contributed by atoms with E-state index in [4.69, 9.17) is 0 Å². The zero-order valence-electron chi connectivity index (χ0n) is 11.0. The molecular formula is C16H14N2OS. The molecule has 3 aromatic rings. The molecule has 0 saturated heterocycles. The molecule has 4 heteroatoms. The zero-order valence-corrected chi connectivity index (χ0v) is 11.9. The Kier molecular flexibility index (Phi) is 3.48. The summed E-state index contributed by atoms with van der Waals surface area (Å²) in [5.74, 6) is -0.0587. The monoisotopic (exact) mass is 282 g/mol. The summed E-state index contributed by atoms with van der Waals surface area (Å²) in [4.78, 5) is 16.5. The summed E-state index contributed by atoms with van der Waals surface area (Å²) in [7, 11) is 0. The van der Waals surface area contributed by atoms with Gasteiger partial charge in [0, 0.05) is 5.56 Å². The number of carbonyl (C=O) groups is 1. The van der Waals surface area contributed by atoms with Gasteiger partial charge in [-0.3, -0.25) is 4.79 Å². The van der Waals surface area contributed by atoms with Gasteiger partial charge in [-0.2, -0.15) is 0 Å². The summed E-state index contributed by atoms with van der Waals surface area (Å²) in [6, 6.07) is 15.5. The third-order valence-corrected chi connectivity index (χ3v) is 4.03. The highest BCUT2D eigenvalue weighted by molar-refractivity contribution is 7.16. The number of aromatic nitrogens is 1. The maximum atomic E-state index is 12.3. The van der Waals surface area contributed by atoms with Crippen LogP contribution in [0.25, 0.3) is 10.2 Å². The molecule has 1 N–H and O–H groups in total. The molecule has 1 heterocycles. The normalized spacial score (nSPS) is 12.2. The second-order valence-corrected chi connectivity index (χ2v) is 5.53. The maximum Gasteiger partial charge on any atom is 0.251 e. The Balaban J connectivity index is 1.78. The second kappa shape index (κ2) is 5.43. The van der Waals surface area contributed by atoms with Crippen molar-refractivity contribution in [3.63, 3.8) is 0 Å². The molecular weight excluding hydrogens is 268 g/mol. The van der Waals surface area contributed by atoms with Gasteiger partial charge in [0.15, 0.2) is 0 Å². The van der Waals surface area contributed by atoms with Gasteiger partial charge in [0.05, 0.1) is 21.8 Å². The SMILES string of the molecule is CC(NC(=O)c1ccc2ncsc2c1)c1ccccc1. The van der Waals surface area contributed by atoms with Gasteiger partial charge in [0.2, 0.25) is 0 Å². The molecule has 0 spiro atoms. The molecule has 0 fully saturated rings. The van der Waals surface area contributed by atoms with Crippen molar-refractivity contribution in [3.8, 4) is 0 Å². The number of amides is 1. The Morgan fingerprint density at radius 2 is 2.00 bits per heavy atom. The van der Waals surface area contributed by atoms with E-state index in [1.54, 1.807) is 16.8 Å². The lowest BCUT2D eigenvalue weighted by atomic mass is 10.1. The average Bonchev–Trinajstić information content (AvgIpc) is 2.95. The third-order valence-electron chi connectivity index (χ3n) is 3.24. The van der Waals surface area contributed by atoms with Crippen LogP contribution in [0.2, 0.25) is 0 Å². The van der Waals surface area contributed by atoms with Crippen molar-refractivity contribution >= 4 is 27.5 Å². The fourth-order valence-corrected chi connectivity index (χ4v) is 2.82. The Morgan fingerprint density at radius 1 is 1.20 bits per heavy atom. The number of nitrogens with zero attached hydrogens (tertiary/aromatic N) is 1. The van der Waals surface area contributed by atoms with Crippen LogP contribution in [0.5, 0.6) is 0 Å². The summed E-state index contributed by atoms with van der Waals surface area (Å²) in [6.07, 6.45) is 0. The van der Waals surface area contributed by atoms with Crippen molar-refractivity contribution < 1.29 is 4.79 Å². The first-order valence-electron chi connectivity index (χ1n) is 6.43. The van der Waals surface area contributed by atoms with E-state index < -0.39 is 0 Å². The minimum Gasteiger partial charge on any atom is -0.346 e. The second-order valence-electron chi connectivity index (χ2n) is 4.64. The minimum atomic E-state index is -0.0587. The Bertz CT molecular complexity index is 736. The lowest BCUT2D eigenvalue weighted by Crippen LogP contribution is -2.26. The standard InChI is InChI=1S/C16H14N2OS/c1-11(12-5-3-2-4-6-12)18-16(19)13-7-8-14-15(9-13)20-10-17-14/h2-11H,1H3,(H,18,19). The molecule has 3 rings (SSSR count). The van der Waals surface area contributed by atoms with E-state index in [0.29, 0.717) is 5.56 Å². The molecule has 0 aliphatic rings. The number of benzene rings is 2. The van der Waals surface area contributed by atoms with Crippen LogP contribution in [-0.2, 0) is 0 Å². The Morgan fingerprint density at radius 3 is 2.80 bits per heavy atom. The van der Waals surface area contributed by atoms with Gasteiger partial charge in [-0.15, -0.1) is 11.3 Å². The first-order valence-corrected chi connectivity index (χ1v) is 7.31. The molecule has 20 heavy (non-hydrogen) atoms. The summed E-state index contributed by atoms with van der Waals surface area (Å²) in [5.41, 5.74) is 4.49. The third kappa shape index (κ3) is 2.56. The Labute approximate surface area is 121 Å². The van der Waals surface area contributed by atoms with E-state index in [0.717, 1.165) is 15.8 Å². The van der Waals surface area contributed by atoms with Crippen LogP contribution in [0.4, 0.5) is 0 Å². The van der Waals surface area contributed by atoms with Crippen molar-refractivity contribution in [1.29, 1.82) is 0 Å². The predicted octanol–water partition coefficient (Wildman–Crippen LogP) is 3.79. The lowest BCUT2D eigenvalue weighted by Gasteiger charge is -2.14. The van der Waals surface area contributed by atoms with E-state index in [1.807, 2.05) is 55.5 Å². The van der Waals surface area contributed by atoms with Crippen LogP contribution in [0.3, 0.4) is 0 Å². The molecule has 0 aliphatic heterocycles. The topological polar surface area (TPSA) is 42.0 Å². The van der Waals surface area contributed by atoms with Gasteiger partial charge in [0.1, 0.15) is 0 Å². The highest BCUT2D eigenvalue weighted by Crippen LogP contribution is 2.20. The van der Waals surface area contributed by atoms with Crippen molar-refractivity contribution in [2.75, 3.05) is 0 Å². The number of hydrogen-bond acceptors (Lipinski definition) is 3. The van der Waals surface area contributed by atoms with Crippen LogP contribution in [0.15, 0.2) is 54.0 Å². The first kappa shape index (κ1) is 12.8. The predicted molar refractivity (Wildman–Crippen MR) is 81.9 cm³/mol. The smallest absolute Gasteiger partial charge is 0.251 e. The van der Waals surface area contributed by atoms with Gasteiger partial charge in [-0.1, -0.05) is 30.3 Å². The maximum absolute atomic E-state index is 12.3. The number of fused-ring (bicyclic) bond motifs is 1. The summed E-state index contributed by atoms with van der Waals surface area (Å²) < 4.78 is 1.03. The quantitative estimate of drug-likeness (QED) is 0.794. The fraction of sp³-hybridized carbons (Fsp3) is 0.125. The van der Waals surface area contributed by atoms with E-state index >= 15 is 0 Å². The largest absolute Gasteiger partial charge is 0.346 e. The van der Waals surface area contributed by atoms with Gasteiger partial charge in [-0.25, -0.2) is 4.98 Å². The fourth-order valence-electron chi connectivity index (χ4n) is 2.10.